The van der Waals surface area contributed by atoms with Crippen LogP contribution in [0.3, 0.4) is 0 Å². The van der Waals surface area contributed by atoms with E-state index in [-0.39, 0.29) is 18.0 Å². The van der Waals surface area contributed by atoms with Gasteiger partial charge in [0.15, 0.2) is 0 Å². The summed E-state index contributed by atoms with van der Waals surface area (Å²) in [5.74, 6) is -0.0594. The van der Waals surface area contributed by atoms with Crippen LogP contribution >= 0.6 is 0 Å². The van der Waals surface area contributed by atoms with E-state index in [4.69, 9.17) is 15.2 Å². The number of benzene rings is 2. The van der Waals surface area contributed by atoms with Crippen molar-refractivity contribution >= 4 is 11.8 Å². The van der Waals surface area contributed by atoms with E-state index in [0.717, 1.165) is 5.56 Å². The predicted octanol–water partition coefficient (Wildman–Crippen LogP) is 2.08. The molecule has 7 heteroatoms. The second-order valence-electron chi connectivity index (χ2n) is 7.62. The van der Waals surface area contributed by atoms with Crippen molar-refractivity contribution in [2.45, 2.75) is 24.5 Å². The van der Waals surface area contributed by atoms with Crippen molar-refractivity contribution in [2.75, 3.05) is 34.4 Å². The largest absolute Gasteiger partial charge is 0.491 e. The van der Waals surface area contributed by atoms with Crippen molar-refractivity contribution in [2.24, 2.45) is 5.73 Å². The van der Waals surface area contributed by atoms with E-state index in [1.54, 1.807) is 36.3 Å². The van der Waals surface area contributed by atoms with Crippen molar-refractivity contribution < 1.29 is 19.1 Å². The molecular weight excluding hydrogens is 382 g/mol. The Balaban J connectivity index is 1.92. The highest BCUT2D eigenvalue weighted by Gasteiger charge is 2.47. The SMILES string of the molecule is COCCOc1ccc(C(=O)N2[C@H](C(N)=O)C[C@@H](N(C)C)[C@@H]2c2ccccc2)cc1. The maximum atomic E-state index is 13.5. The molecule has 1 saturated heterocycles. The zero-order valence-electron chi connectivity index (χ0n) is 17.7. The Kier molecular flexibility index (Phi) is 7.07. The molecule has 3 rings (SSSR count). The minimum Gasteiger partial charge on any atom is -0.491 e. The Labute approximate surface area is 177 Å². The van der Waals surface area contributed by atoms with Crippen LogP contribution in [0.4, 0.5) is 0 Å². The van der Waals surface area contributed by atoms with Crippen molar-refractivity contribution in [1.29, 1.82) is 0 Å². The Hall–Kier alpha value is -2.90. The van der Waals surface area contributed by atoms with E-state index in [0.29, 0.717) is 30.9 Å². The smallest absolute Gasteiger partial charge is 0.255 e. The van der Waals surface area contributed by atoms with E-state index < -0.39 is 11.9 Å². The Morgan fingerprint density at radius 3 is 2.30 bits per heavy atom. The van der Waals surface area contributed by atoms with Crippen molar-refractivity contribution in [3.05, 3.63) is 65.7 Å². The number of nitrogens with two attached hydrogens (primary N) is 1. The van der Waals surface area contributed by atoms with Gasteiger partial charge in [-0.3, -0.25) is 9.59 Å². The average Bonchev–Trinajstić information content (AvgIpc) is 3.16. The van der Waals surface area contributed by atoms with Crippen LogP contribution in [0, 0.1) is 0 Å². The lowest BCUT2D eigenvalue weighted by molar-refractivity contribution is -0.122. The molecule has 1 fully saturated rings. The summed E-state index contributed by atoms with van der Waals surface area (Å²) in [6, 6.07) is 15.7. The van der Waals surface area contributed by atoms with Gasteiger partial charge in [0, 0.05) is 18.7 Å². The second-order valence-corrected chi connectivity index (χ2v) is 7.62. The number of hydrogen-bond acceptors (Lipinski definition) is 5. The van der Waals surface area contributed by atoms with Crippen LogP contribution in [0.5, 0.6) is 5.75 Å². The molecule has 1 heterocycles. The van der Waals surface area contributed by atoms with Gasteiger partial charge >= 0.3 is 0 Å². The lowest BCUT2D eigenvalue weighted by atomic mass is 9.98. The number of primary amides is 1. The molecule has 2 aromatic rings. The summed E-state index contributed by atoms with van der Waals surface area (Å²) in [4.78, 5) is 29.5. The zero-order chi connectivity index (χ0) is 21.7. The summed E-state index contributed by atoms with van der Waals surface area (Å²) in [5.41, 5.74) is 7.18. The zero-order valence-corrected chi connectivity index (χ0v) is 17.7. The first-order chi connectivity index (χ1) is 14.4. The molecule has 160 valence electrons. The molecule has 0 aromatic heterocycles. The molecule has 0 aliphatic carbocycles. The highest BCUT2D eigenvalue weighted by Crippen LogP contribution is 2.39. The van der Waals surface area contributed by atoms with Crippen LogP contribution in [-0.2, 0) is 9.53 Å². The normalized spacial score (nSPS) is 21.1. The summed E-state index contributed by atoms with van der Waals surface area (Å²) in [7, 11) is 5.53. The van der Waals surface area contributed by atoms with E-state index in [9.17, 15) is 9.59 Å². The number of rotatable bonds is 8. The third-order valence-corrected chi connectivity index (χ3v) is 5.49. The van der Waals surface area contributed by atoms with Crippen LogP contribution in [0.1, 0.15) is 28.4 Å². The highest BCUT2D eigenvalue weighted by atomic mass is 16.5. The number of carbonyl (C=O) groups excluding carboxylic acids is 2. The number of methoxy groups -OCH3 is 1. The lowest BCUT2D eigenvalue weighted by Gasteiger charge is -2.33. The molecule has 2 N–H and O–H groups in total. The van der Waals surface area contributed by atoms with Gasteiger partial charge in [0.25, 0.3) is 5.91 Å². The number of ether oxygens (including phenoxy) is 2. The molecule has 0 radical (unpaired) electrons. The van der Waals surface area contributed by atoms with Gasteiger partial charge in [-0.25, -0.2) is 0 Å². The minimum atomic E-state index is -0.673. The molecule has 1 aliphatic heterocycles. The second kappa shape index (κ2) is 9.73. The summed E-state index contributed by atoms with van der Waals surface area (Å²) >= 11 is 0. The van der Waals surface area contributed by atoms with Crippen molar-refractivity contribution in [3.8, 4) is 5.75 Å². The fourth-order valence-electron chi connectivity index (χ4n) is 3.98. The molecule has 2 amide bonds. The van der Waals surface area contributed by atoms with Crippen LogP contribution in [0.25, 0.3) is 0 Å². The molecule has 0 bridgehead atoms. The average molecular weight is 412 g/mol. The standard InChI is InChI=1S/C23H29N3O4/c1-25(2)19-15-20(22(24)27)26(21(19)16-7-5-4-6-8-16)23(28)17-9-11-18(12-10-17)30-14-13-29-3/h4-12,19-21H,13-15H2,1-3H3,(H2,24,27)/t19-,20+,21+/m1/s1. The molecular formula is C23H29N3O4. The molecule has 1 aliphatic rings. The molecule has 3 atom stereocenters. The Morgan fingerprint density at radius 1 is 1.07 bits per heavy atom. The fourth-order valence-corrected chi connectivity index (χ4v) is 3.98. The Morgan fingerprint density at radius 2 is 1.73 bits per heavy atom. The number of likely N-dealkylation sites (tertiary alicyclic amines) is 1. The van der Waals surface area contributed by atoms with Gasteiger partial charge in [-0.15, -0.1) is 0 Å². The molecule has 7 nitrogen and oxygen atoms in total. The number of nitrogens with zero attached hydrogens (tertiary/aromatic N) is 2. The van der Waals surface area contributed by atoms with Gasteiger partial charge < -0.3 is 25.0 Å². The quantitative estimate of drug-likeness (QED) is 0.673. The molecule has 0 spiro atoms. The summed E-state index contributed by atoms with van der Waals surface area (Å²) in [6.45, 7) is 0.916. The van der Waals surface area contributed by atoms with Gasteiger partial charge in [0.1, 0.15) is 18.4 Å². The number of hydrogen-bond donors (Lipinski definition) is 1. The Bertz CT molecular complexity index is 855. The molecule has 2 aromatic carbocycles. The van der Waals surface area contributed by atoms with E-state index >= 15 is 0 Å². The topological polar surface area (TPSA) is 85.1 Å². The van der Waals surface area contributed by atoms with Crippen molar-refractivity contribution in [3.63, 3.8) is 0 Å². The van der Waals surface area contributed by atoms with Gasteiger partial charge in [-0.05, 0) is 50.3 Å². The van der Waals surface area contributed by atoms with Gasteiger partial charge in [-0.1, -0.05) is 30.3 Å². The van der Waals surface area contributed by atoms with Crippen molar-refractivity contribution in [1.82, 2.24) is 9.80 Å². The fraction of sp³-hybridized carbons (Fsp3) is 0.391. The van der Waals surface area contributed by atoms with Crippen LogP contribution in [-0.4, -0.2) is 68.1 Å². The van der Waals surface area contributed by atoms with E-state index in [1.165, 1.54) is 0 Å². The lowest BCUT2D eigenvalue weighted by Crippen LogP contribution is -2.45. The highest BCUT2D eigenvalue weighted by molar-refractivity contribution is 5.98. The van der Waals surface area contributed by atoms with Crippen LogP contribution < -0.4 is 10.5 Å². The third kappa shape index (κ3) is 4.63. The number of likely N-dealkylation sites (N-methyl/N-ethyl adjacent to an activating group) is 1. The van der Waals surface area contributed by atoms with Gasteiger partial charge in [-0.2, -0.15) is 0 Å². The monoisotopic (exact) mass is 411 g/mol. The van der Waals surface area contributed by atoms with E-state index in [2.05, 4.69) is 0 Å². The predicted molar refractivity (Wildman–Crippen MR) is 114 cm³/mol. The van der Waals surface area contributed by atoms with Crippen LogP contribution in [0.15, 0.2) is 54.6 Å². The first-order valence-corrected chi connectivity index (χ1v) is 9.99. The first kappa shape index (κ1) is 21.8. The van der Waals surface area contributed by atoms with Gasteiger partial charge in [0.05, 0.1) is 12.6 Å². The summed E-state index contributed by atoms with van der Waals surface area (Å²) in [5, 5.41) is 0. The molecule has 0 saturated carbocycles. The van der Waals surface area contributed by atoms with Crippen LogP contribution in [0.2, 0.25) is 0 Å². The number of amides is 2. The molecule has 0 unspecified atom stereocenters. The van der Waals surface area contributed by atoms with E-state index in [1.807, 2.05) is 49.3 Å². The minimum absolute atomic E-state index is 0.0227. The first-order valence-electron chi connectivity index (χ1n) is 9.99. The third-order valence-electron chi connectivity index (χ3n) is 5.49. The summed E-state index contributed by atoms with van der Waals surface area (Å²) < 4.78 is 10.6. The summed E-state index contributed by atoms with van der Waals surface area (Å²) in [6.07, 6.45) is 0.492. The maximum Gasteiger partial charge on any atom is 0.255 e. The number of carbonyl (C=O) groups is 2. The molecule has 30 heavy (non-hydrogen) atoms. The van der Waals surface area contributed by atoms with Gasteiger partial charge in [0.2, 0.25) is 5.91 Å². The maximum absolute atomic E-state index is 13.5.